The van der Waals surface area contributed by atoms with Crippen LogP contribution in [0.5, 0.6) is 0 Å². The molecule has 0 heterocycles. The first-order valence-electron chi connectivity index (χ1n) is 9.84. The minimum absolute atomic E-state index is 0. The Balaban J connectivity index is -0.000000376. The minimum atomic E-state index is -2.30. The number of benzene rings is 2. The fourth-order valence-electron chi connectivity index (χ4n) is 2.81. The van der Waals surface area contributed by atoms with Gasteiger partial charge in [-0.25, -0.2) is 0 Å². The van der Waals surface area contributed by atoms with Crippen LogP contribution in [0.2, 0.25) is 6.04 Å². The molecule has 0 saturated heterocycles. The Hall–Kier alpha value is 0.427. The van der Waals surface area contributed by atoms with Crippen LogP contribution < -0.4 is 0 Å². The van der Waals surface area contributed by atoms with Crippen molar-refractivity contribution in [2.75, 3.05) is 0 Å². The predicted molar refractivity (Wildman–Crippen MR) is 158 cm³/mol. The Bertz CT molecular complexity index is 855. The third-order valence-electron chi connectivity index (χ3n) is 3.98. The van der Waals surface area contributed by atoms with Crippen molar-refractivity contribution in [3.8, 4) is 0 Å². The SMILES string of the molecule is Cc1cc2ccccc2[cH-]1.Cc1cc2ccccc2[cH-]1.Cl.Cl.[CH2-]C.[CH2-]CC[Si](Cl)(Cl)Cl.[Si]=[Zr]. The number of fused-ring (bicyclic) bond motifs is 2. The molecule has 0 atom stereocenters. The molecule has 0 aromatic heterocycles. The molecular weight excluding hydrogens is 625 g/mol. The van der Waals surface area contributed by atoms with Crippen LogP contribution in [0.1, 0.15) is 24.5 Å². The first-order valence-corrected chi connectivity index (χ1v) is 19.3. The summed E-state index contributed by atoms with van der Waals surface area (Å²) < 4.78 is 0. The molecule has 0 bridgehead atoms. The van der Waals surface area contributed by atoms with Gasteiger partial charge in [0.25, 0.3) is 0 Å². The summed E-state index contributed by atoms with van der Waals surface area (Å²) in [7, 11) is 0. The normalized spacial score (nSPS) is 9.18. The molecule has 0 aliphatic rings. The van der Waals surface area contributed by atoms with E-state index in [4.69, 9.17) is 33.2 Å². The molecule has 2 radical (unpaired) electrons. The molecule has 0 spiro atoms. The van der Waals surface area contributed by atoms with Gasteiger partial charge in [-0.1, -0.05) is 26.0 Å². The summed E-state index contributed by atoms with van der Waals surface area (Å²) in [4.78, 5) is 0. The van der Waals surface area contributed by atoms with E-state index in [-0.39, 0.29) is 24.8 Å². The van der Waals surface area contributed by atoms with Crippen molar-refractivity contribution in [2.45, 2.75) is 33.2 Å². The Labute approximate surface area is 244 Å². The van der Waals surface area contributed by atoms with Crippen molar-refractivity contribution >= 4 is 92.5 Å². The van der Waals surface area contributed by atoms with E-state index < -0.39 is 6.00 Å². The first-order chi connectivity index (χ1) is 14.8. The van der Waals surface area contributed by atoms with Gasteiger partial charge >= 0.3 is 36.2 Å². The van der Waals surface area contributed by atoms with E-state index >= 15 is 0 Å². The number of halogens is 5. The molecule has 0 nitrogen and oxygen atoms in total. The number of hydrogen-bond acceptors (Lipinski definition) is 0. The van der Waals surface area contributed by atoms with Gasteiger partial charge in [-0.15, -0.1) is 139 Å². The fourth-order valence-corrected chi connectivity index (χ4v) is 4.42. The zero-order valence-electron chi connectivity index (χ0n) is 19.2. The van der Waals surface area contributed by atoms with Gasteiger partial charge in [-0.05, 0) is 6.04 Å². The van der Waals surface area contributed by atoms with Crippen molar-refractivity contribution in [1.29, 1.82) is 0 Å². The van der Waals surface area contributed by atoms with Gasteiger partial charge in [0.15, 0.2) is 0 Å². The van der Waals surface area contributed by atoms with Gasteiger partial charge in [-0.2, -0.15) is 25.5 Å². The summed E-state index contributed by atoms with van der Waals surface area (Å²) in [5, 5.41) is 5.39. The number of hydrogen-bond donors (Lipinski definition) is 0. The maximum atomic E-state index is 5.46. The van der Waals surface area contributed by atoms with Crippen LogP contribution in [0.15, 0.2) is 72.8 Å². The molecule has 0 N–H and O–H groups in total. The second kappa shape index (κ2) is 21.7. The predicted octanol–water partition coefficient (Wildman–Crippen LogP) is 9.90. The molecule has 0 fully saturated rings. The average molecular weight is 656 g/mol. The van der Waals surface area contributed by atoms with Crippen molar-refractivity contribution in [3.05, 3.63) is 97.8 Å². The molecule has 8 heteroatoms. The second-order valence-corrected chi connectivity index (χ2v) is 15.8. The zero-order chi connectivity index (χ0) is 23.9. The molecule has 33 heavy (non-hydrogen) atoms. The Kier molecular flexibility index (Phi) is 25.0. The van der Waals surface area contributed by atoms with Gasteiger partial charge in [-0.3, -0.25) is 0 Å². The first kappa shape index (κ1) is 38.0. The molecule has 0 amide bonds. The van der Waals surface area contributed by atoms with Crippen LogP contribution >= 0.6 is 58.1 Å². The van der Waals surface area contributed by atoms with Gasteiger partial charge in [0.1, 0.15) is 0 Å². The van der Waals surface area contributed by atoms with E-state index in [1.165, 1.54) is 56.0 Å². The van der Waals surface area contributed by atoms with Crippen molar-refractivity contribution in [3.63, 3.8) is 0 Å². The van der Waals surface area contributed by atoms with Gasteiger partial charge < -0.3 is 13.8 Å². The summed E-state index contributed by atoms with van der Waals surface area (Å²) in [5.41, 5.74) is 2.70. The molecule has 4 aromatic rings. The van der Waals surface area contributed by atoms with Crippen molar-refractivity contribution in [1.82, 2.24) is 0 Å². The van der Waals surface area contributed by atoms with E-state index in [2.05, 4.69) is 107 Å². The van der Waals surface area contributed by atoms with E-state index in [1.54, 1.807) is 6.92 Å². The fraction of sp³-hybridized carbons (Fsp3) is 0.200. The summed E-state index contributed by atoms with van der Waals surface area (Å²) >= 11 is 17.7. The molecule has 4 aromatic carbocycles. The van der Waals surface area contributed by atoms with E-state index in [0.717, 1.165) is 6.42 Å². The Morgan fingerprint density at radius 1 is 0.788 bits per heavy atom. The van der Waals surface area contributed by atoms with E-state index in [9.17, 15) is 0 Å². The Morgan fingerprint density at radius 3 is 1.36 bits per heavy atom. The zero-order valence-corrected chi connectivity index (χ0v) is 27.6. The molecule has 182 valence electrons. The van der Waals surface area contributed by atoms with Crippen LogP contribution in [0.3, 0.4) is 0 Å². The molecule has 0 aliphatic heterocycles. The molecule has 0 unspecified atom stereocenters. The van der Waals surface area contributed by atoms with E-state index in [1.807, 2.05) is 0 Å². The third kappa shape index (κ3) is 16.7. The third-order valence-corrected chi connectivity index (χ3v) is 6.61. The Morgan fingerprint density at radius 2 is 1.12 bits per heavy atom. The van der Waals surface area contributed by atoms with Crippen molar-refractivity contribution in [2.24, 2.45) is 0 Å². The van der Waals surface area contributed by atoms with Crippen LogP contribution in [-0.4, -0.2) is 12.9 Å². The van der Waals surface area contributed by atoms with Gasteiger partial charge in [0.2, 0.25) is 0 Å². The standard InChI is InChI=1S/2C10H9.C3H6Cl3Si.C2H5.2ClH.Si.Zr/c2*1-8-6-9-4-2-3-5-10(9)7-8;1-2-3-7(4,5)6;1-2;;;;/h2*2-7H,1H3;1-3H2;1H2,2H3;2*1H;;/q4*-1;;;;. The summed E-state index contributed by atoms with van der Waals surface area (Å²) in [6, 6.07) is 24.0. The second-order valence-electron chi connectivity index (χ2n) is 6.54. The molecule has 0 saturated carbocycles. The van der Waals surface area contributed by atoms with Crippen LogP contribution in [-0.2, 0) is 23.3 Å². The maximum absolute atomic E-state index is 5.46. The van der Waals surface area contributed by atoms with Gasteiger partial charge in [0, 0.05) is 0 Å². The number of rotatable bonds is 2. The summed E-state index contributed by atoms with van der Waals surface area (Å²) in [6.07, 6.45) is 0.725. The quantitative estimate of drug-likeness (QED) is 0.115. The summed E-state index contributed by atoms with van der Waals surface area (Å²) in [5.74, 6) is 0. The monoisotopic (exact) mass is 652 g/mol. The van der Waals surface area contributed by atoms with Crippen molar-refractivity contribution < 1.29 is 23.3 Å². The molecule has 0 aliphatic carbocycles. The summed E-state index contributed by atoms with van der Waals surface area (Å²) in [6.45, 7) is 15.9. The average Bonchev–Trinajstić information content (AvgIpc) is 3.31. The number of aryl methyl sites for hydroxylation is 2. The topological polar surface area (TPSA) is 0 Å². The van der Waals surface area contributed by atoms with Crippen LogP contribution in [0.25, 0.3) is 21.5 Å². The van der Waals surface area contributed by atoms with Crippen LogP contribution in [0, 0.1) is 27.7 Å². The van der Waals surface area contributed by atoms with Gasteiger partial charge in [0.05, 0.1) is 0 Å². The molecule has 4 rings (SSSR count). The van der Waals surface area contributed by atoms with Crippen LogP contribution in [0.4, 0.5) is 0 Å². The molecular formula is C25H31Cl5Si2Zr-4. The van der Waals surface area contributed by atoms with E-state index in [0.29, 0.717) is 6.04 Å².